The van der Waals surface area contributed by atoms with Gasteiger partial charge in [0.05, 0.1) is 0 Å². The van der Waals surface area contributed by atoms with Crippen molar-refractivity contribution in [2.75, 3.05) is 0 Å². The van der Waals surface area contributed by atoms with E-state index in [2.05, 4.69) is 20.8 Å². The van der Waals surface area contributed by atoms with E-state index < -0.39 is 17.5 Å². The summed E-state index contributed by atoms with van der Waals surface area (Å²) in [5, 5.41) is 9.40. The van der Waals surface area contributed by atoms with Gasteiger partial charge >= 0.3 is 5.97 Å². The zero-order valence-electron chi connectivity index (χ0n) is 14.1. The number of carboxylic acid groups (broad SMARTS) is 1. The van der Waals surface area contributed by atoms with Crippen molar-refractivity contribution in [1.82, 2.24) is 0 Å². The fourth-order valence-electron chi connectivity index (χ4n) is 2.05. The van der Waals surface area contributed by atoms with Gasteiger partial charge in [-0.15, -0.1) is 0 Å². The van der Waals surface area contributed by atoms with E-state index in [1.54, 1.807) is 0 Å². The molecule has 21 heavy (non-hydrogen) atoms. The second-order valence-corrected chi connectivity index (χ2v) is 6.94. The quantitative estimate of drug-likeness (QED) is 0.796. The van der Waals surface area contributed by atoms with Gasteiger partial charge in [0.1, 0.15) is 5.75 Å². The normalized spacial score (nSPS) is 13.8. The van der Waals surface area contributed by atoms with Gasteiger partial charge < -0.3 is 9.84 Å². The van der Waals surface area contributed by atoms with Crippen molar-refractivity contribution in [2.24, 2.45) is 5.41 Å². The minimum Gasteiger partial charge on any atom is -0.478 e. The van der Waals surface area contributed by atoms with E-state index in [1.165, 1.54) is 5.56 Å². The molecule has 0 spiro atoms. The Balaban J connectivity index is 2.95. The number of carbonyl (C=O) groups is 1. The van der Waals surface area contributed by atoms with Crippen LogP contribution in [0.3, 0.4) is 0 Å². The minimum atomic E-state index is -0.917. The lowest BCUT2D eigenvalue weighted by Crippen LogP contribution is -2.41. The average molecular weight is 292 g/mol. The van der Waals surface area contributed by atoms with Gasteiger partial charge in [0.25, 0.3) is 0 Å². The van der Waals surface area contributed by atoms with Crippen LogP contribution in [0.2, 0.25) is 0 Å². The van der Waals surface area contributed by atoms with Crippen molar-refractivity contribution in [1.29, 1.82) is 0 Å². The fraction of sp³-hybridized carbons (Fsp3) is 0.611. The van der Waals surface area contributed by atoms with Crippen molar-refractivity contribution in [2.45, 2.75) is 65.9 Å². The first-order valence-electron chi connectivity index (χ1n) is 7.64. The molecule has 1 unspecified atom stereocenters. The predicted octanol–water partition coefficient (Wildman–Crippen LogP) is 4.64. The molecule has 0 aliphatic carbocycles. The van der Waals surface area contributed by atoms with Crippen LogP contribution < -0.4 is 4.74 Å². The first kappa shape index (κ1) is 17.5. The van der Waals surface area contributed by atoms with Gasteiger partial charge in [0, 0.05) is 5.41 Å². The summed E-state index contributed by atoms with van der Waals surface area (Å²) >= 11 is 0. The molecular formula is C18H28O3. The number of benzene rings is 1. The van der Waals surface area contributed by atoms with Crippen molar-refractivity contribution < 1.29 is 14.6 Å². The molecule has 0 bridgehead atoms. The van der Waals surface area contributed by atoms with Gasteiger partial charge in [-0.3, -0.25) is 0 Å². The van der Waals surface area contributed by atoms with E-state index >= 15 is 0 Å². The highest BCUT2D eigenvalue weighted by Gasteiger charge is 2.36. The van der Waals surface area contributed by atoms with Crippen molar-refractivity contribution in [3.05, 3.63) is 29.8 Å². The molecule has 1 aromatic carbocycles. The molecule has 0 aromatic heterocycles. The molecule has 1 atom stereocenters. The van der Waals surface area contributed by atoms with Crippen LogP contribution >= 0.6 is 0 Å². The maximum atomic E-state index is 11.5. The molecule has 0 radical (unpaired) electrons. The van der Waals surface area contributed by atoms with E-state index in [-0.39, 0.29) is 5.41 Å². The van der Waals surface area contributed by atoms with Gasteiger partial charge in [0.2, 0.25) is 6.10 Å². The summed E-state index contributed by atoms with van der Waals surface area (Å²) in [6.07, 6.45) is 0.950. The van der Waals surface area contributed by atoms with Gasteiger partial charge in [-0.05, 0) is 36.0 Å². The van der Waals surface area contributed by atoms with E-state index in [1.807, 2.05) is 45.0 Å². The number of hydrogen-bond donors (Lipinski definition) is 1. The summed E-state index contributed by atoms with van der Waals surface area (Å²) in [6, 6.07) is 7.79. The van der Waals surface area contributed by atoms with Crippen LogP contribution in [-0.4, -0.2) is 17.2 Å². The summed E-state index contributed by atoms with van der Waals surface area (Å²) < 4.78 is 5.73. The minimum absolute atomic E-state index is 0.118. The average Bonchev–Trinajstić information content (AvgIpc) is 2.44. The second kappa shape index (κ2) is 6.50. The monoisotopic (exact) mass is 292 g/mol. The van der Waals surface area contributed by atoms with E-state index in [0.29, 0.717) is 5.75 Å². The van der Waals surface area contributed by atoms with Crippen LogP contribution in [0.1, 0.15) is 59.9 Å². The summed E-state index contributed by atoms with van der Waals surface area (Å²) in [7, 11) is 0. The third kappa shape index (κ3) is 4.23. The number of carboxylic acids is 1. The number of ether oxygens (including phenoxy) is 1. The first-order chi connectivity index (χ1) is 9.64. The van der Waals surface area contributed by atoms with Gasteiger partial charge in [-0.2, -0.15) is 0 Å². The highest BCUT2D eigenvalue weighted by Crippen LogP contribution is 2.31. The molecule has 1 rings (SSSR count). The lowest BCUT2D eigenvalue weighted by Gasteiger charge is -2.30. The molecule has 0 amide bonds. The number of rotatable bonds is 7. The Morgan fingerprint density at radius 1 is 1.10 bits per heavy atom. The molecule has 1 N–H and O–H groups in total. The highest BCUT2D eigenvalue weighted by molar-refractivity contribution is 5.73. The van der Waals surface area contributed by atoms with Crippen LogP contribution in [-0.2, 0) is 10.2 Å². The van der Waals surface area contributed by atoms with Crippen LogP contribution in [0.5, 0.6) is 5.75 Å². The summed E-state index contributed by atoms with van der Waals surface area (Å²) in [5.74, 6) is -0.306. The lowest BCUT2D eigenvalue weighted by atomic mass is 9.82. The Kier molecular flexibility index (Phi) is 5.43. The summed E-state index contributed by atoms with van der Waals surface area (Å²) in [6.45, 7) is 12.4. The van der Waals surface area contributed by atoms with Crippen molar-refractivity contribution in [3.63, 3.8) is 0 Å². The van der Waals surface area contributed by atoms with Crippen molar-refractivity contribution in [3.8, 4) is 5.75 Å². The third-order valence-corrected chi connectivity index (χ3v) is 4.62. The van der Waals surface area contributed by atoms with Crippen molar-refractivity contribution >= 4 is 5.97 Å². The summed E-state index contributed by atoms with van der Waals surface area (Å²) in [4.78, 5) is 11.5. The molecule has 0 aliphatic rings. The Bertz CT molecular complexity index is 472. The van der Waals surface area contributed by atoms with Crippen LogP contribution in [0.4, 0.5) is 0 Å². The Morgan fingerprint density at radius 2 is 1.62 bits per heavy atom. The van der Waals surface area contributed by atoms with Gasteiger partial charge in [0.15, 0.2) is 0 Å². The highest BCUT2D eigenvalue weighted by atomic mass is 16.5. The number of aliphatic carboxylic acids is 1. The molecule has 0 saturated carbocycles. The van der Waals surface area contributed by atoms with Gasteiger partial charge in [-0.25, -0.2) is 4.79 Å². The largest absolute Gasteiger partial charge is 0.478 e. The maximum Gasteiger partial charge on any atom is 0.345 e. The topological polar surface area (TPSA) is 46.5 Å². The van der Waals surface area contributed by atoms with E-state index in [4.69, 9.17) is 4.74 Å². The van der Waals surface area contributed by atoms with Gasteiger partial charge in [-0.1, -0.05) is 53.7 Å². The number of hydrogen-bond acceptors (Lipinski definition) is 2. The predicted molar refractivity (Wildman–Crippen MR) is 85.9 cm³/mol. The van der Waals surface area contributed by atoms with Crippen LogP contribution in [0.15, 0.2) is 24.3 Å². The van der Waals surface area contributed by atoms with Crippen LogP contribution in [0, 0.1) is 5.41 Å². The lowest BCUT2D eigenvalue weighted by molar-refractivity contribution is -0.151. The smallest absolute Gasteiger partial charge is 0.345 e. The molecule has 0 fully saturated rings. The zero-order valence-corrected chi connectivity index (χ0v) is 14.1. The fourth-order valence-corrected chi connectivity index (χ4v) is 2.05. The van der Waals surface area contributed by atoms with E-state index in [9.17, 15) is 9.90 Å². The Hall–Kier alpha value is -1.51. The second-order valence-electron chi connectivity index (χ2n) is 6.94. The third-order valence-electron chi connectivity index (χ3n) is 4.62. The standard InChI is InChI=1S/C18H28O3/c1-7-17(3,4)13-9-11-14(12-10-13)21-15(16(19)20)18(5,6)8-2/h9-12,15H,7-8H2,1-6H3,(H,19,20). The molecule has 118 valence electrons. The molecule has 3 nitrogen and oxygen atoms in total. The molecule has 0 aliphatic heterocycles. The van der Waals surface area contributed by atoms with Crippen LogP contribution in [0.25, 0.3) is 0 Å². The molecule has 0 saturated heterocycles. The Labute approximate surface area is 128 Å². The molecule has 0 heterocycles. The first-order valence-corrected chi connectivity index (χ1v) is 7.64. The summed E-state index contributed by atoms with van der Waals surface area (Å²) in [5.41, 5.74) is 0.944. The SMILES string of the molecule is CCC(C)(C)c1ccc(OC(C(=O)O)C(C)(C)CC)cc1. The van der Waals surface area contributed by atoms with E-state index in [0.717, 1.165) is 12.8 Å². The molecule has 1 aromatic rings. The maximum absolute atomic E-state index is 11.5. The molecular weight excluding hydrogens is 264 g/mol. The zero-order chi connectivity index (χ0) is 16.3. The molecule has 3 heteroatoms. The Morgan fingerprint density at radius 3 is 2.00 bits per heavy atom.